The van der Waals surface area contributed by atoms with Crippen molar-refractivity contribution in [2.75, 3.05) is 20.3 Å². The van der Waals surface area contributed by atoms with Crippen molar-refractivity contribution >= 4 is 5.97 Å². The maximum absolute atomic E-state index is 11.9. The second-order valence-electron chi connectivity index (χ2n) is 6.92. The van der Waals surface area contributed by atoms with Gasteiger partial charge in [0.25, 0.3) is 0 Å². The van der Waals surface area contributed by atoms with E-state index in [0.717, 1.165) is 25.9 Å². The van der Waals surface area contributed by atoms with E-state index in [9.17, 15) is 4.79 Å². The molecule has 0 spiro atoms. The van der Waals surface area contributed by atoms with E-state index in [1.165, 1.54) is 7.11 Å². The summed E-state index contributed by atoms with van der Waals surface area (Å²) in [5, 5.41) is 3.37. The summed E-state index contributed by atoms with van der Waals surface area (Å²) in [7, 11) is 1.44. The number of methoxy groups -OCH3 is 1. The summed E-state index contributed by atoms with van der Waals surface area (Å²) in [6.45, 7) is 9.83. The van der Waals surface area contributed by atoms with Crippen LogP contribution in [-0.4, -0.2) is 37.9 Å². The highest BCUT2D eigenvalue weighted by Gasteiger charge is 2.39. The standard InChI is InChI=1S/C15H29NO3/c1-14(2,3)8-10-19-11-9-15(4,13(17)18-5)16-12-6-7-12/h12,16H,6-11H2,1-5H3. The number of hydrogen-bond donors (Lipinski definition) is 1. The molecule has 1 unspecified atom stereocenters. The van der Waals surface area contributed by atoms with Gasteiger partial charge in [0.15, 0.2) is 0 Å². The number of esters is 1. The normalized spacial score (nSPS) is 19.0. The highest BCUT2D eigenvalue weighted by molar-refractivity contribution is 5.80. The minimum atomic E-state index is -0.613. The summed E-state index contributed by atoms with van der Waals surface area (Å²) in [5.41, 5.74) is -0.324. The Morgan fingerprint density at radius 1 is 1.16 bits per heavy atom. The number of ether oxygens (including phenoxy) is 2. The molecule has 0 aromatic rings. The minimum absolute atomic E-state index is 0.196. The molecule has 1 rings (SSSR count). The van der Waals surface area contributed by atoms with Crippen molar-refractivity contribution in [1.29, 1.82) is 0 Å². The summed E-state index contributed by atoms with van der Waals surface area (Å²) in [6, 6.07) is 0.471. The summed E-state index contributed by atoms with van der Waals surface area (Å²) < 4.78 is 10.6. The Hall–Kier alpha value is -0.610. The molecule has 1 saturated carbocycles. The lowest BCUT2D eigenvalue weighted by molar-refractivity contribution is -0.149. The van der Waals surface area contributed by atoms with Crippen molar-refractivity contribution in [3.05, 3.63) is 0 Å². The summed E-state index contributed by atoms with van der Waals surface area (Å²) in [4.78, 5) is 11.9. The summed E-state index contributed by atoms with van der Waals surface area (Å²) in [6.07, 6.45) is 3.98. The van der Waals surface area contributed by atoms with Gasteiger partial charge in [-0.05, 0) is 38.0 Å². The molecule has 1 aliphatic carbocycles. The highest BCUT2D eigenvalue weighted by atomic mass is 16.5. The molecule has 1 fully saturated rings. The Morgan fingerprint density at radius 3 is 2.21 bits per heavy atom. The number of carbonyl (C=O) groups is 1. The molecule has 19 heavy (non-hydrogen) atoms. The largest absolute Gasteiger partial charge is 0.468 e. The average Bonchev–Trinajstić information content (AvgIpc) is 3.09. The van der Waals surface area contributed by atoms with Crippen LogP contribution in [0.3, 0.4) is 0 Å². The molecule has 0 aromatic heterocycles. The lowest BCUT2D eigenvalue weighted by Crippen LogP contribution is -2.52. The molecule has 1 N–H and O–H groups in total. The number of nitrogens with one attached hydrogen (secondary N) is 1. The average molecular weight is 271 g/mol. The molecule has 4 nitrogen and oxygen atoms in total. The van der Waals surface area contributed by atoms with Gasteiger partial charge in [-0.15, -0.1) is 0 Å². The predicted octanol–water partition coefficient (Wildman–Crippen LogP) is 2.51. The van der Waals surface area contributed by atoms with Gasteiger partial charge in [-0.1, -0.05) is 20.8 Å². The van der Waals surface area contributed by atoms with Crippen LogP contribution in [0.1, 0.15) is 53.4 Å². The van der Waals surface area contributed by atoms with Crippen LogP contribution in [0.15, 0.2) is 0 Å². The Labute approximate surface area is 117 Å². The van der Waals surface area contributed by atoms with E-state index >= 15 is 0 Å². The Bertz CT molecular complexity index is 294. The van der Waals surface area contributed by atoms with Gasteiger partial charge in [-0.3, -0.25) is 10.1 Å². The van der Waals surface area contributed by atoms with Crippen molar-refractivity contribution in [2.45, 2.75) is 65.0 Å². The molecule has 0 amide bonds. The topological polar surface area (TPSA) is 47.6 Å². The first-order chi connectivity index (χ1) is 8.77. The molecule has 112 valence electrons. The third-order valence-electron chi connectivity index (χ3n) is 3.48. The van der Waals surface area contributed by atoms with Gasteiger partial charge in [0.2, 0.25) is 0 Å². The van der Waals surface area contributed by atoms with Crippen LogP contribution in [0.5, 0.6) is 0 Å². The van der Waals surface area contributed by atoms with Crippen LogP contribution in [0.2, 0.25) is 0 Å². The van der Waals surface area contributed by atoms with E-state index in [1.54, 1.807) is 0 Å². The predicted molar refractivity (Wildman–Crippen MR) is 76.1 cm³/mol. The first-order valence-corrected chi connectivity index (χ1v) is 7.21. The minimum Gasteiger partial charge on any atom is -0.468 e. The van der Waals surface area contributed by atoms with E-state index in [2.05, 4.69) is 26.1 Å². The Balaban J connectivity index is 2.30. The Morgan fingerprint density at radius 2 is 1.74 bits per heavy atom. The fourth-order valence-corrected chi connectivity index (χ4v) is 1.89. The zero-order valence-electron chi connectivity index (χ0n) is 13.0. The number of carbonyl (C=O) groups excluding carboxylic acids is 1. The molecule has 0 bridgehead atoms. The van der Waals surface area contributed by atoms with Crippen molar-refractivity contribution in [1.82, 2.24) is 5.32 Å². The van der Waals surface area contributed by atoms with Gasteiger partial charge >= 0.3 is 5.97 Å². The van der Waals surface area contributed by atoms with Crippen LogP contribution in [-0.2, 0) is 14.3 Å². The van der Waals surface area contributed by atoms with Crippen LogP contribution in [0, 0.1) is 5.41 Å². The Kier molecular flexibility index (Phi) is 5.81. The van der Waals surface area contributed by atoms with Gasteiger partial charge in [0, 0.05) is 19.3 Å². The molecular weight excluding hydrogens is 242 g/mol. The van der Waals surface area contributed by atoms with Crippen molar-refractivity contribution in [3.63, 3.8) is 0 Å². The third-order valence-corrected chi connectivity index (χ3v) is 3.48. The van der Waals surface area contributed by atoms with E-state index < -0.39 is 5.54 Å². The van der Waals surface area contributed by atoms with Crippen LogP contribution < -0.4 is 5.32 Å². The summed E-state index contributed by atoms with van der Waals surface area (Å²) in [5.74, 6) is -0.196. The summed E-state index contributed by atoms with van der Waals surface area (Å²) >= 11 is 0. The van der Waals surface area contributed by atoms with Gasteiger partial charge in [0.05, 0.1) is 7.11 Å². The molecule has 1 aliphatic rings. The van der Waals surface area contributed by atoms with Gasteiger partial charge in [0.1, 0.15) is 5.54 Å². The second-order valence-corrected chi connectivity index (χ2v) is 6.92. The third kappa shape index (κ3) is 6.39. The van der Waals surface area contributed by atoms with E-state index in [4.69, 9.17) is 9.47 Å². The molecule has 0 radical (unpaired) electrons. The SMILES string of the molecule is COC(=O)C(C)(CCOCCC(C)(C)C)NC1CC1. The van der Waals surface area contributed by atoms with Crippen LogP contribution in [0.4, 0.5) is 0 Å². The molecule has 1 atom stereocenters. The smallest absolute Gasteiger partial charge is 0.325 e. The van der Waals surface area contributed by atoms with Crippen LogP contribution in [0.25, 0.3) is 0 Å². The van der Waals surface area contributed by atoms with Crippen molar-refractivity contribution in [3.8, 4) is 0 Å². The fraction of sp³-hybridized carbons (Fsp3) is 0.933. The molecule has 0 saturated heterocycles. The second kappa shape index (κ2) is 6.71. The maximum atomic E-state index is 11.9. The van der Waals surface area contributed by atoms with Crippen molar-refractivity contribution in [2.24, 2.45) is 5.41 Å². The van der Waals surface area contributed by atoms with E-state index in [0.29, 0.717) is 19.1 Å². The zero-order chi connectivity index (χ0) is 14.5. The lowest BCUT2D eigenvalue weighted by atomic mass is 9.93. The fourth-order valence-electron chi connectivity index (χ4n) is 1.89. The lowest BCUT2D eigenvalue weighted by Gasteiger charge is -2.28. The van der Waals surface area contributed by atoms with Crippen LogP contribution >= 0.6 is 0 Å². The first-order valence-electron chi connectivity index (χ1n) is 7.21. The van der Waals surface area contributed by atoms with Gasteiger partial charge in [-0.2, -0.15) is 0 Å². The molecule has 0 aliphatic heterocycles. The molecular formula is C15H29NO3. The highest BCUT2D eigenvalue weighted by Crippen LogP contribution is 2.25. The van der Waals surface area contributed by atoms with Crippen molar-refractivity contribution < 1.29 is 14.3 Å². The molecule has 4 heteroatoms. The molecule has 0 heterocycles. The monoisotopic (exact) mass is 271 g/mol. The first kappa shape index (κ1) is 16.4. The maximum Gasteiger partial charge on any atom is 0.325 e. The molecule has 0 aromatic carbocycles. The van der Waals surface area contributed by atoms with Gasteiger partial charge in [-0.25, -0.2) is 0 Å². The quantitative estimate of drug-likeness (QED) is 0.544. The van der Waals surface area contributed by atoms with Gasteiger partial charge < -0.3 is 9.47 Å². The zero-order valence-corrected chi connectivity index (χ0v) is 13.0. The van der Waals surface area contributed by atoms with E-state index in [1.807, 2.05) is 6.92 Å². The number of hydrogen-bond acceptors (Lipinski definition) is 4. The number of rotatable bonds is 8. The van der Waals surface area contributed by atoms with E-state index in [-0.39, 0.29) is 11.4 Å².